The molecule has 3 rings (SSSR count). The number of hydrogen-bond acceptors (Lipinski definition) is 5. The number of carbonyl (C=O) groups excluding carboxylic acids is 1. The summed E-state index contributed by atoms with van der Waals surface area (Å²) in [6.07, 6.45) is 6.08. The summed E-state index contributed by atoms with van der Waals surface area (Å²) < 4.78 is 0. The van der Waals surface area contributed by atoms with Crippen LogP contribution in [0.2, 0.25) is 0 Å². The van der Waals surface area contributed by atoms with Crippen molar-refractivity contribution in [3.8, 4) is 0 Å². The van der Waals surface area contributed by atoms with E-state index in [1.165, 1.54) is 5.56 Å². The predicted molar refractivity (Wildman–Crippen MR) is 110 cm³/mol. The van der Waals surface area contributed by atoms with Gasteiger partial charge in [-0.3, -0.25) is 9.78 Å². The lowest BCUT2D eigenvalue weighted by molar-refractivity contribution is 0.0746. The fourth-order valence-corrected chi connectivity index (χ4v) is 2.89. The first kappa shape index (κ1) is 19.5. The summed E-state index contributed by atoms with van der Waals surface area (Å²) in [5.41, 5.74) is 2.72. The molecule has 0 radical (unpaired) electrons. The largest absolute Gasteiger partial charge is 0.344 e. The Morgan fingerprint density at radius 2 is 1.71 bits per heavy atom. The van der Waals surface area contributed by atoms with Crippen LogP contribution in [-0.2, 0) is 13.0 Å². The fraction of sp³-hybridized carbons (Fsp3) is 0.273. The minimum Gasteiger partial charge on any atom is -0.344 e. The third kappa shape index (κ3) is 5.13. The Hall–Kier alpha value is -3.28. The molecular formula is C22H25N5O. The van der Waals surface area contributed by atoms with E-state index in [1.807, 2.05) is 61.3 Å². The van der Waals surface area contributed by atoms with Crippen LogP contribution >= 0.6 is 0 Å². The van der Waals surface area contributed by atoms with E-state index >= 15 is 0 Å². The van der Waals surface area contributed by atoms with E-state index in [0.717, 1.165) is 18.5 Å². The van der Waals surface area contributed by atoms with Crippen molar-refractivity contribution in [3.63, 3.8) is 0 Å². The van der Waals surface area contributed by atoms with Gasteiger partial charge in [-0.1, -0.05) is 30.3 Å². The lowest BCUT2D eigenvalue weighted by Crippen LogP contribution is -2.31. The first-order chi connectivity index (χ1) is 13.7. The summed E-state index contributed by atoms with van der Waals surface area (Å²) in [5, 5.41) is 0. The van der Waals surface area contributed by atoms with Crippen LogP contribution in [0.3, 0.4) is 0 Å². The molecule has 0 saturated carbocycles. The van der Waals surface area contributed by atoms with Crippen LogP contribution in [-0.4, -0.2) is 45.9 Å². The molecule has 2 heterocycles. The maximum atomic E-state index is 12.9. The molecule has 0 unspecified atom stereocenters. The Morgan fingerprint density at radius 3 is 2.43 bits per heavy atom. The van der Waals surface area contributed by atoms with Gasteiger partial charge in [0, 0.05) is 45.3 Å². The normalized spacial score (nSPS) is 10.5. The number of amides is 1. The summed E-state index contributed by atoms with van der Waals surface area (Å²) >= 11 is 0. The molecule has 28 heavy (non-hydrogen) atoms. The van der Waals surface area contributed by atoms with Gasteiger partial charge in [0.25, 0.3) is 5.91 Å². The molecule has 1 aromatic carbocycles. The zero-order chi connectivity index (χ0) is 19.8. The molecule has 0 aliphatic rings. The highest BCUT2D eigenvalue weighted by molar-refractivity contribution is 5.92. The van der Waals surface area contributed by atoms with E-state index in [1.54, 1.807) is 29.6 Å². The molecule has 0 aliphatic heterocycles. The SMILES string of the molecule is CCN(Cc1ccccc1)C(=O)c1ccnc(N(C)CCc2ccncc2)n1. The van der Waals surface area contributed by atoms with Gasteiger partial charge in [0.2, 0.25) is 5.95 Å². The summed E-state index contributed by atoms with van der Waals surface area (Å²) in [4.78, 5) is 29.6. The summed E-state index contributed by atoms with van der Waals surface area (Å²) in [7, 11) is 1.94. The molecule has 3 aromatic rings. The standard InChI is InChI=1S/C22H25N5O/c1-3-27(17-19-7-5-4-6-8-19)21(28)20-11-15-24-22(25-20)26(2)16-12-18-9-13-23-14-10-18/h4-11,13-15H,3,12,16-17H2,1-2H3. The number of anilines is 1. The summed E-state index contributed by atoms with van der Waals surface area (Å²) in [6, 6.07) is 15.6. The fourth-order valence-electron chi connectivity index (χ4n) is 2.89. The molecule has 6 heteroatoms. The third-order valence-electron chi connectivity index (χ3n) is 4.57. The van der Waals surface area contributed by atoms with Crippen molar-refractivity contribution in [3.05, 3.63) is 83.9 Å². The van der Waals surface area contributed by atoms with Crippen LogP contribution < -0.4 is 4.90 Å². The van der Waals surface area contributed by atoms with Crippen LogP contribution in [0.25, 0.3) is 0 Å². The van der Waals surface area contributed by atoms with E-state index < -0.39 is 0 Å². The number of hydrogen-bond donors (Lipinski definition) is 0. The third-order valence-corrected chi connectivity index (χ3v) is 4.57. The molecule has 0 bridgehead atoms. The van der Waals surface area contributed by atoms with Crippen LogP contribution in [0, 0.1) is 0 Å². The number of aromatic nitrogens is 3. The first-order valence-electron chi connectivity index (χ1n) is 9.43. The molecule has 0 saturated heterocycles. The number of benzene rings is 1. The van der Waals surface area contributed by atoms with Crippen LogP contribution in [0.15, 0.2) is 67.1 Å². The van der Waals surface area contributed by atoms with Crippen LogP contribution in [0.4, 0.5) is 5.95 Å². The number of likely N-dealkylation sites (N-methyl/N-ethyl adjacent to an activating group) is 1. The number of carbonyl (C=O) groups is 1. The Morgan fingerprint density at radius 1 is 0.964 bits per heavy atom. The summed E-state index contributed by atoms with van der Waals surface area (Å²) in [5.74, 6) is 0.466. The second-order valence-corrected chi connectivity index (χ2v) is 6.57. The molecule has 1 amide bonds. The first-order valence-corrected chi connectivity index (χ1v) is 9.43. The van der Waals surface area contributed by atoms with Gasteiger partial charge in [-0.15, -0.1) is 0 Å². The van der Waals surface area contributed by atoms with Crippen molar-refractivity contribution in [2.24, 2.45) is 0 Å². The van der Waals surface area contributed by atoms with Crippen molar-refractivity contribution in [1.82, 2.24) is 19.9 Å². The second-order valence-electron chi connectivity index (χ2n) is 6.57. The lowest BCUT2D eigenvalue weighted by Gasteiger charge is -2.22. The molecule has 0 spiro atoms. The molecule has 0 aliphatic carbocycles. The molecule has 0 N–H and O–H groups in total. The Balaban J connectivity index is 1.67. The molecule has 6 nitrogen and oxygen atoms in total. The Labute approximate surface area is 165 Å². The molecule has 2 aromatic heterocycles. The second kappa shape index (κ2) is 9.60. The Bertz CT molecular complexity index is 886. The van der Waals surface area contributed by atoms with Crippen molar-refractivity contribution in [1.29, 1.82) is 0 Å². The maximum Gasteiger partial charge on any atom is 0.272 e. The number of rotatable bonds is 8. The monoisotopic (exact) mass is 375 g/mol. The smallest absolute Gasteiger partial charge is 0.272 e. The topological polar surface area (TPSA) is 62.2 Å². The van der Waals surface area contributed by atoms with Crippen LogP contribution in [0.5, 0.6) is 0 Å². The molecule has 144 valence electrons. The molecule has 0 fully saturated rings. The number of pyridine rings is 1. The minimum atomic E-state index is -0.0856. The average Bonchev–Trinajstić information content (AvgIpc) is 2.77. The molecular weight excluding hydrogens is 350 g/mol. The van der Waals surface area contributed by atoms with Gasteiger partial charge in [0.15, 0.2) is 0 Å². The van der Waals surface area contributed by atoms with Gasteiger partial charge in [-0.25, -0.2) is 9.97 Å². The predicted octanol–water partition coefficient (Wildman–Crippen LogP) is 3.21. The van der Waals surface area contributed by atoms with E-state index in [4.69, 9.17) is 0 Å². The van der Waals surface area contributed by atoms with E-state index in [0.29, 0.717) is 24.7 Å². The minimum absolute atomic E-state index is 0.0856. The van der Waals surface area contributed by atoms with Gasteiger partial charge in [0.05, 0.1) is 0 Å². The van der Waals surface area contributed by atoms with Gasteiger partial charge in [-0.05, 0) is 42.7 Å². The maximum absolute atomic E-state index is 12.9. The van der Waals surface area contributed by atoms with Gasteiger partial charge in [-0.2, -0.15) is 0 Å². The van der Waals surface area contributed by atoms with Crippen molar-refractivity contribution in [2.75, 3.05) is 25.0 Å². The van der Waals surface area contributed by atoms with Gasteiger partial charge < -0.3 is 9.80 Å². The van der Waals surface area contributed by atoms with E-state index in [-0.39, 0.29) is 5.91 Å². The van der Waals surface area contributed by atoms with E-state index in [9.17, 15) is 4.79 Å². The quantitative estimate of drug-likeness (QED) is 0.605. The average molecular weight is 375 g/mol. The summed E-state index contributed by atoms with van der Waals surface area (Å²) in [6.45, 7) is 3.91. The molecule has 0 atom stereocenters. The lowest BCUT2D eigenvalue weighted by atomic mass is 10.2. The zero-order valence-corrected chi connectivity index (χ0v) is 16.3. The van der Waals surface area contributed by atoms with Gasteiger partial charge in [0.1, 0.15) is 5.69 Å². The van der Waals surface area contributed by atoms with Crippen molar-refractivity contribution in [2.45, 2.75) is 19.9 Å². The highest BCUT2D eigenvalue weighted by Gasteiger charge is 2.17. The van der Waals surface area contributed by atoms with Crippen LogP contribution in [0.1, 0.15) is 28.5 Å². The Kier molecular flexibility index (Phi) is 6.68. The number of nitrogens with zero attached hydrogens (tertiary/aromatic N) is 5. The van der Waals surface area contributed by atoms with Crippen molar-refractivity contribution < 1.29 is 4.79 Å². The highest BCUT2D eigenvalue weighted by Crippen LogP contribution is 2.12. The van der Waals surface area contributed by atoms with Crippen molar-refractivity contribution >= 4 is 11.9 Å². The zero-order valence-electron chi connectivity index (χ0n) is 16.3. The van der Waals surface area contributed by atoms with E-state index in [2.05, 4.69) is 15.0 Å². The van der Waals surface area contributed by atoms with Gasteiger partial charge >= 0.3 is 0 Å². The highest BCUT2D eigenvalue weighted by atomic mass is 16.2.